The van der Waals surface area contributed by atoms with Gasteiger partial charge in [0.15, 0.2) is 0 Å². The van der Waals surface area contributed by atoms with Crippen molar-refractivity contribution in [2.45, 2.75) is 18.8 Å². The van der Waals surface area contributed by atoms with Crippen molar-refractivity contribution >= 4 is 16.6 Å². The zero-order chi connectivity index (χ0) is 14.8. The summed E-state index contributed by atoms with van der Waals surface area (Å²) < 4.78 is 0. The SMILES string of the molecule is c1nc(C2CCNCC2)c2ccc(N3CCNCC3)cc2n1. The van der Waals surface area contributed by atoms with Crippen LogP contribution in [0.5, 0.6) is 0 Å². The van der Waals surface area contributed by atoms with E-state index < -0.39 is 0 Å². The molecular weight excluding hydrogens is 274 g/mol. The van der Waals surface area contributed by atoms with Crippen molar-refractivity contribution in [1.29, 1.82) is 0 Å². The third-order valence-corrected chi connectivity index (χ3v) is 4.86. The van der Waals surface area contributed by atoms with Gasteiger partial charge >= 0.3 is 0 Å². The number of fused-ring (bicyclic) bond motifs is 1. The molecule has 2 N–H and O–H groups in total. The Bertz CT molecular complexity index is 645. The van der Waals surface area contributed by atoms with E-state index in [9.17, 15) is 0 Å². The highest BCUT2D eigenvalue weighted by atomic mass is 15.2. The largest absolute Gasteiger partial charge is 0.369 e. The van der Waals surface area contributed by atoms with Crippen LogP contribution in [-0.4, -0.2) is 49.2 Å². The van der Waals surface area contributed by atoms with Crippen molar-refractivity contribution in [2.75, 3.05) is 44.2 Å². The van der Waals surface area contributed by atoms with Gasteiger partial charge in [-0.05, 0) is 44.1 Å². The quantitative estimate of drug-likeness (QED) is 0.880. The molecule has 0 bridgehead atoms. The number of hydrogen-bond donors (Lipinski definition) is 2. The van der Waals surface area contributed by atoms with E-state index in [1.165, 1.54) is 29.6 Å². The number of piperidine rings is 1. The Labute approximate surface area is 131 Å². The number of aromatic nitrogens is 2. The molecule has 4 rings (SSSR count). The zero-order valence-corrected chi connectivity index (χ0v) is 12.9. The molecule has 0 saturated carbocycles. The second kappa shape index (κ2) is 6.18. The van der Waals surface area contributed by atoms with E-state index in [-0.39, 0.29) is 0 Å². The summed E-state index contributed by atoms with van der Waals surface area (Å²) in [5.41, 5.74) is 3.60. The average molecular weight is 297 g/mol. The summed E-state index contributed by atoms with van der Waals surface area (Å²) in [4.78, 5) is 11.6. The maximum Gasteiger partial charge on any atom is 0.116 e. The third-order valence-electron chi connectivity index (χ3n) is 4.86. The fourth-order valence-corrected chi connectivity index (χ4v) is 3.61. The number of rotatable bonds is 2. The average Bonchev–Trinajstić information content (AvgIpc) is 2.62. The lowest BCUT2D eigenvalue weighted by atomic mass is 9.92. The van der Waals surface area contributed by atoms with Crippen LogP contribution in [0.25, 0.3) is 10.9 Å². The molecule has 1 aromatic heterocycles. The van der Waals surface area contributed by atoms with Crippen LogP contribution in [0.3, 0.4) is 0 Å². The topological polar surface area (TPSA) is 53.1 Å². The van der Waals surface area contributed by atoms with Crippen LogP contribution in [0.1, 0.15) is 24.5 Å². The summed E-state index contributed by atoms with van der Waals surface area (Å²) in [6, 6.07) is 6.69. The van der Waals surface area contributed by atoms with E-state index >= 15 is 0 Å². The molecule has 5 nitrogen and oxygen atoms in total. The van der Waals surface area contributed by atoms with Crippen LogP contribution >= 0.6 is 0 Å². The summed E-state index contributed by atoms with van der Waals surface area (Å²) in [6.45, 7) is 6.43. The van der Waals surface area contributed by atoms with Gasteiger partial charge < -0.3 is 15.5 Å². The Morgan fingerprint density at radius 1 is 0.955 bits per heavy atom. The Kier molecular flexibility index (Phi) is 3.91. The first-order chi connectivity index (χ1) is 10.9. The monoisotopic (exact) mass is 297 g/mol. The van der Waals surface area contributed by atoms with E-state index in [4.69, 9.17) is 0 Å². The normalized spacial score (nSPS) is 20.5. The van der Waals surface area contributed by atoms with Crippen molar-refractivity contribution in [3.05, 3.63) is 30.2 Å². The highest BCUT2D eigenvalue weighted by Crippen LogP contribution is 2.30. The molecule has 2 aromatic rings. The Morgan fingerprint density at radius 2 is 1.73 bits per heavy atom. The molecule has 2 aliphatic rings. The highest BCUT2D eigenvalue weighted by Gasteiger charge is 2.19. The minimum absolute atomic E-state index is 0.566. The first kappa shape index (κ1) is 13.9. The van der Waals surface area contributed by atoms with Crippen molar-refractivity contribution < 1.29 is 0 Å². The lowest BCUT2D eigenvalue weighted by Gasteiger charge is -2.29. The molecule has 0 atom stereocenters. The van der Waals surface area contributed by atoms with Gasteiger partial charge in [-0.3, -0.25) is 0 Å². The first-order valence-electron chi connectivity index (χ1n) is 8.33. The predicted molar refractivity (Wildman–Crippen MR) is 89.5 cm³/mol. The summed E-state index contributed by atoms with van der Waals surface area (Å²) in [5.74, 6) is 0.566. The molecule has 2 fully saturated rings. The summed E-state index contributed by atoms with van der Waals surface area (Å²) in [7, 11) is 0. The highest BCUT2D eigenvalue weighted by molar-refractivity contribution is 5.84. The fraction of sp³-hybridized carbons (Fsp3) is 0.529. The number of piperazine rings is 1. The fourth-order valence-electron chi connectivity index (χ4n) is 3.61. The van der Waals surface area contributed by atoms with Crippen molar-refractivity contribution in [3.63, 3.8) is 0 Å². The number of nitrogens with one attached hydrogen (secondary N) is 2. The minimum Gasteiger partial charge on any atom is -0.369 e. The Hall–Kier alpha value is -1.72. The number of hydrogen-bond acceptors (Lipinski definition) is 5. The maximum atomic E-state index is 4.61. The van der Waals surface area contributed by atoms with E-state index in [0.29, 0.717) is 5.92 Å². The predicted octanol–water partition coefficient (Wildman–Crippen LogP) is 1.51. The van der Waals surface area contributed by atoms with Gasteiger partial charge in [0.25, 0.3) is 0 Å². The van der Waals surface area contributed by atoms with E-state index in [1.54, 1.807) is 6.33 Å². The van der Waals surface area contributed by atoms with E-state index in [1.807, 2.05) is 0 Å². The lowest BCUT2D eigenvalue weighted by molar-refractivity contribution is 0.455. The van der Waals surface area contributed by atoms with Crippen LogP contribution in [0.15, 0.2) is 24.5 Å². The molecule has 0 amide bonds. The summed E-state index contributed by atoms with van der Waals surface area (Å²) in [6.07, 6.45) is 4.08. The van der Waals surface area contributed by atoms with Gasteiger partial charge in [-0.1, -0.05) is 0 Å². The minimum atomic E-state index is 0.566. The van der Waals surface area contributed by atoms with Gasteiger partial charge in [0.1, 0.15) is 6.33 Å². The molecule has 0 aliphatic carbocycles. The van der Waals surface area contributed by atoms with Crippen LogP contribution in [0, 0.1) is 0 Å². The van der Waals surface area contributed by atoms with Crippen LogP contribution in [-0.2, 0) is 0 Å². The molecule has 3 heterocycles. The van der Waals surface area contributed by atoms with Gasteiger partial charge in [-0.25, -0.2) is 9.97 Å². The lowest BCUT2D eigenvalue weighted by Crippen LogP contribution is -2.43. The second-order valence-corrected chi connectivity index (χ2v) is 6.22. The molecule has 2 aliphatic heterocycles. The Morgan fingerprint density at radius 3 is 2.55 bits per heavy atom. The van der Waals surface area contributed by atoms with Crippen molar-refractivity contribution in [3.8, 4) is 0 Å². The summed E-state index contributed by atoms with van der Waals surface area (Å²) >= 11 is 0. The Balaban J connectivity index is 1.68. The maximum absolute atomic E-state index is 4.61. The number of anilines is 1. The van der Waals surface area contributed by atoms with E-state index in [2.05, 4.69) is 43.7 Å². The third kappa shape index (κ3) is 2.66. The zero-order valence-electron chi connectivity index (χ0n) is 12.9. The molecule has 0 radical (unpaired) electrons. The van der Waals surface area contributed by atoms with Crippen molar-refractivity contribution in [1.82, 2.24) is 20.6 Å². The molecule has 22 heavy (non-hydrogen) atoms. The van der Waals surface area contributed by atoms with Crippen molar-refractivity contribution in [2.24, 2.45) is 0 Å². The standard InChI is InChI=1S/C17H23N5/c1-2-15-16(11-14(1)22-9-7-19-8-10-22)20-12-21-17(15)13-3-5-18-6-4-13/h1-2,11-13,18-19H,3-10H2. The molecule has 5 heteroatoms. The van der Waals surface area contributed by atoms with E-state index in [0.717, 1.165) is 44.8 Å². The number of benzene rings is 1. The smallest absolute Gasteiger partial charge is 0.116 e. The van der Waals surface area contributed by atoms with Crippen LogP contribution < -0.4 is 15.5 Å². The first-order valence-corrected chi connectivity index (χ1v) is 8.33. The van der Waals surface area contributed by atoms with Gasteiger partial charge in [0.2, 0.25) is 0 Å². The molecule has 116 valence electrons. The molecular formula is C17H23N5. The second-order valence-electron chi connectivity index (χ2n) is 6.22. The molecule has 0 unspecified atom stereocenters. The van der Waals surface area contributed by atoms with Gasteiger partial charge in [0, 0.05) is 43.2 Å². The molecule has 0 spiro atoms. The van der Waals surface area contributed by atoms with Crippen LogP contribution in [0.2, 0.25) is 0 Å². The van der Waals surface area contributed by atoms with Crippen LogP contribution in [0.4, 0.5) is 5.69 Å². The molecule has 1 aromatic carbocycles. The number of nitrogens with zero attached hydrogens (tertiary/aromatic N) is 3. The van der Waals surface area contributed by atoms with Gasteiger partial charge in [-0.15, -0.1) is 0 Å². The van der Waals surface area contributed by atoms with Gasteiger partial charge in [-0.2, -0.15) is 0 Å². The van der Waals surface area contributed by atoms with Gasteiger partial charge in [0.05, 0.1) is 11.2 Å². The summed E-state index contributed by atoms with van der Waals surface area (Å²) in [5, 5.41) is 8.06. The molecule has 2 saturated heterocycles.